The van der Waals surface area contributed by atoms with E-state index in [1.807, 2.05) is 0 Å². The topological polar surface area (TPSA) is 83.8 Å². The Kier molecular flexibility index (Phi) is 6.56. The summed E-state index contributed by atoms with van der Waals surface area (Å²) in [6.45, 7) is 4.45. The molecule has 0 spiro atoms. The Balaban J connectivity index is 2.05. The molecule has 0 saturated carbocycles. The van der Waals surface area contributed by atoms with Crippen molar-refractivity contribution >= 4 is 27.1 Å². The van der Waals surface area contributed by atoms with E-state index in [1.54, 1.807) is 45.0 Å². The summed E-state index contributed by atoms with van der Waals surface area (Å²) in [5.41, 5.74) is -0.171. The molecule has 3 rings (SSSR count). The van der Waals surface area contributed by atoms with Crippen molar-refractivity contribution in [3.8, 4) is 5.75 Å². The predicted molar refractivity (Wildman–Crippen MR) is 114 cm³/mol. The highest BCUT2D eigenvalue weighted by Crippen LogP contribution is 2.31. The van der Waals surface area contributed by atoms with Crippen LogP contribution in [0.2, 0.25) is 0 Å². The molecule has 0 amide bonds. The number of nitrogens with zero attached hydrogens (tertiary/aromatic N) is 1. The monoisotopic (exact) mass is 467 g/mol. The summed E-state index contributed by atoms with van der Waals surface area (Å²) in [7, 11) is -3.77. The summed E-state index contributed by atoms with van der Waals surface area (Å²) >= 11 is 0. The molecular formula is C22H23F2NO6S. The lowest BCUT2D eigenvalue weighted by atomic mass is 10.2. The first-order valence-electron chi connectivity index (χ1n) is 9.62. The van der Waals surface area contributed by atoms with E-state index in [0.717, 1.165) is 18.4 Å². The number of hydrogen-bond donors (Lipinski definition) is 0. The van der Waals surface area contributed by atoms with Crippen molar-refractivity contribution in [3.63, 3.8) is 0 Å². The Morgan fingerprint density at radius 3 is 2.41 bits per heavy atom. The number of benzene rings is 2. The van der Waals surface area contributed by atoms with Gasteiger partial charge in [-0.3, -0.25) is 4.18 Å². The molecular weight excluding hydrogens is 444 g/mol. The molecule has 172 valence electrons. The van der Waals surface area contributed by atoms with Crippen molar-refractivity contribution in [1.82, 2.24) is 4.57 Å². The van der Waals surface area contributed by atoms with Crippen LogP contribution in [-0.4, -0.2) is 30.9 Å². The fourth-order valence-corrected chi connectivity index (χ4v) is 3.32. The van der Waals surface area contributed by atoms with Crippen LogP contribution in [0.15, 0.2) is 42.5 Å². The SMILES string of the molecule is CC(C)(C)OC(=O)n1c(COS(C)(=O)=O)cc2cccc(OCc3ccc(F)cc3F)c21. The van der Waals surface area contributed by atoms with E-state index in [-0.39, 0.29) is 23.6 Å². The summed E-state index contributed by atoms with van der Waals surface area (Å²) in [5, 5.41) is 0.556. The third-order valence-electron chi connectivity index (χ3n) is 4.26. The lowest BCUT2D eigenvalue weighted by Crippen LogP contribution is -2.28. The zero-order valence-corrected chi connectivity index (χ0v) is 18.8. The van der Waals surface area contributed by atoms with Gasteiger partial charge in [0, 0.05) is 17.0 Å². The molecule has 0 fully saturated rings. The van der Waals surface area contributed by atoms with E-state index in [2.05, 4.69) is 0 Å². The fourth-order valence-electron chi connectivity index (χ4n) is 2.98. The maximum absolute atomic E-state index is 14.0. The molecule has 0 aliphatic carbocycles. The Morgan fingerprint density at radius 2 is 1.78 bits per heavy atom. The molecule has 0 saturated heterocycles. The maximum Gasteiger partial charge on any atom is 0.419 e. The first-order valence-corrected chi connectivity index (χ1v) is 11.4. The second-order valence-corrected chi connectivity index (χ2v) is 9.78. The molecule has 0 N–H and O–H groups in total. The van der Waals surface area contributed by atoms with Crippen LogP contribution in [0.4, 0.5) is 13.6 Å². The molecule has 0 atom stereocenters. The zero-order chi connectivity index (χ0) is 23.7. The number of carbonyl (C=O) groups is 1. The van der Waals surface area contributed by atoms with Crippen LogP contribution >= 0.6 is 0 Å². The standard InChI is InChI=1S/C22H23F2NO6S/c1-22(2,3)31-21(26)25-17(13-30-32(4,27)28)10-14-6-5-7-19(20(14)25)29-12-15-8-9-16(23)11-18(15)24/h5-11H,12-13H2,1-4H3. The van der Waals surface area contributed by atoms with Crippen molar-refractivity contribution in [2.75, 3.05) is 6.26 Å². The molecule has 32 heavy (non-hydrogen) atoms. The van der Waals surface area contributed by atoms with Gasteiger partial charge in [-0.15, -0.1) is 0 Å². The van der Waals surface area contributed by atoms with Crippen LogP contribution in [0.1, 0.15) is 32.0 Å². The van der Waals surface area contributed by atoms with Gasteiger partial charge in [-0.25, -0.2) is 18.1 Å². The number of halogens is 2. The average Bonchev–Trinajstić information content (AvgIpc) is 3.03. The van der Waals surface area contributed by atoms with E-state index in [4.69, 9.17) is 13.7 Å². The van der Waals surface area contributed by atoms with Gasteiger partial charge in [-0.05, 0) is 45.0 Å². The summed E-state index contributed by atoms with van der Waals surface area (Å²) in [6, 6.07) is 9.66. The van der Waals surface area contributed by atoms with Gasteiger partial charge in [0.25, 0.3) is 10.1 Å². The third-order valence-corrected chi connectivity index (χ3v) is 4.80. The second-order valence-electron chi connectivity index (χ2n) is 8.14. The van der Waals surface area contributed by atoms with Gasteiger partial charge in [0.2, 0.25) is 0 Å². The molecule has 0 aliphatic rings. The summed E-state index contributed by atoms with van der Waals surface area (Å²) in [4.78, 5) is 13.0. The van der Waals surface area contributed by atoms with E-state index in [0.29, 0.717) is 10.9 Å². The molecule has 1 aromatic heterocycles. The number of ether oxygens (including phenoxy) is 2. The largest absolute Gasteiger partial charge is 0.487 e. The first-order chi connectivity index (χ1) is 14.8. The van der Waals surface area contributed by atoms with Gasteiger partial charge >= 0.3 is 6.09 Å². The van der Waals surface area contributed by atoms with Gasteiger partial charge in [-0.1, -0.05) is 12.1 Å². The van der Waals surface area contributed by atoms with Gasteiger partial charge in [0.15, 0.2) is 0 Å². The molecule has 0 unspecified atom stereocenters. The number of fused-ring (bicyclic) bond motifs is 1. The van der Waals surface area contributed by atoms with Crippen molar-refractivity contribution in [2.24, 2.45) is 0 Å². The highest BCUT2D eigenvalue weighted by atomic mass is 32.2. The molecule has 1 heterocycles. The quantitative estimate of drug-likeness (QED) is 0.486. The van der Waals surface area contributed by atoms with Crippen LogP contribution in [0.5, 0.6) is 5.75 Å². The van der Waals surface area contributed by atoms with Crippen molar-refractivity contribution in [2.45, 2.75) is 39.6 Å². The van der Waals surface area contributed by atoms with Crippen LogP contribution in [-0.2, 0) is 32.3 Å². The Hall–Kier alpha value is -2.98. The van der Waals surface area contributed by atoms with Crippen LogP contribution in [0, 0.1) is 11.6 Å². The maximum atomic E-state index is 14.0. The number of aromatic nitrogens is 1. The number of carbonyl (C=O) groups excluding carboxylic acids is 1. The smallest absolute Gasteiger partial charge is 0.419 e. The molecule has 3 aromatic rings. The average molecular weight is 467 g/mol. The zero-order valence-electron chi connectivity index (χ0n) is 18.0. The van der Waals surface area contributed by atoms with E-state index in [1.165, 1.54) is 10.6 Å². The Morgan fingerprint density at radius 1 is 1.06 bits per heavy atom. The lowest BCUT2D eigenvalue weighted by Gasteiger charge is -2.21. The van der Waals surface area contributed by atoms with Crippen LogP contribution in [0.3, 0.4) is 0 Å². The number of rotatable bonds is 6. The molecule has 7 nitrogen and oxygen atoms in total. The van der Waals surface area contributed by atoms with Crippen LogP contribution in [0.25, 0.3) is 10.9 Å². The van der Waals surface area contributed by atoms with E-state index in [9.17, 15) is 22.0 Å². The van der Waals surface area contributed by atoms with Crippen LogP contribution < -0.4 is 4.74 Å². The highest BCUT2D eigenvalue weighted by Gasteiger charge is 2.25. The summed E-state index contributed by atoms with van der Waals surface area (Å²) < 4.78 is 67.4. The minimum absolute atomic E-state index is 0.124. The molecule has 0 bridgehead atoms. The minimum atomic E-state index is -3.77. The molecule has 10 heteroatoms. The van der Waals surface area contributed by atoms with Gasteiger partial charge in [0.05, 0.1) is 11.9 Å². The van der Waals surface area contributed by atoms with Gasteiger partial charge in [-0.2, -0.15) is 8.42 Å². The molecule has 0 radical (unpaired) electrons. The van der Waals surface area contributed by atoms with Gasteiger partial charge < -0.3 is 9.47 Å². The van der Waals surface area contributed by atoms with Crippen molar-refractivity contribution in [1.29, 1.82) is 0 Å². The highest BCUT2D eigenvalue weighted by molar-refractivity contribution is 7.85. The number of hydrogen-bond acceptors (Lipinski definition) is 6. The summed E-state index contributed by atoms with van der Waals surface area (Å²) in [6.07, 6.45) is 0.141. The van der Waals surface area contributed by atoms with E-state index >= 15 is 0 Å². The third kappa shape index (κ3) is 5.83. The van der Waals surface area contributed by atoms with Gasteiger partial charge in [0.1, 0.15) is 41.7 Å². The lowest BCUT2D eigenvalue weighted by molar-refractivity contribution is 0.0534. The molecule has 2 aromatic carbocycles. The van der Waals surface area contributed by atoms with E-state index < -0.39 is 40.1 Å². The predicted octanol–water partition coefficient (Wildman–Crippen LogP) is 4.76. The normalized spacial score (nSPS) is 12.2. The van der Waals surface area contributed by atoms with Crippen molar-refractivity contribution in [3.05, 3.63) is 65.4 Å². The van der Waals surface area contributed by atoms with Crippen molar-refractivity contribution < 1.29 is 35.6 Å². The Bertz CT molecular complexity index is 1260. The first kappa shape index (κ1) is 23.7. The summed E-state index contributed by atoms with van der Waals surface area (Å²) in [5.74, 6) is -1.24. The number of para-hydroxylation sites is 1. The Labute approximate surface area is 184 Å². The second kappa shape index (κ2) is 8.87. The minimum Gasteiger partial charge on any atom is -0.487 e. The fraction of sp³-hybridized carbons (Fsp3) is 0.318. The molecule has 0 aliphatic heterocycles.